The number of aryl methyl sites for hydroxylation is 2. The molecule has 1 fully saturated rings. The zero-order chi connectivity index (χ0) is 21.6. The number of thioether (sulfide) groups is 1. The van der Waals surface area contributed by atoms with Gasteiger partial charge >= 0.3 is 0 Å². The summed E-state index contributed by atoms with van der Waals surface area (Å²) in [6.07, 6.45) is 3.40. The first-order valence-electron chi connectivity index (χ1n) is 10.7. The molecular weight excluding hydrogens is 408 g/mol. The predicted molar refractivity (Wildman–Crippen MR) is 123 cm³/mol. The summed E-state index contributed by atoms with van der Waals surface area (Å²) in [5.41, 5.74) is 3.14. The molecule has 162 valence electrons. The standard InChI is InChI=1S/C24H28N4O2S/c1-18-10-9-11-19(2)23(18)30-16-21-25-26-24(28(21)20-12-5-3-6-13-20)31-17-22(29)27-14-7-4-8-15-27/h3,5-6,9-13H,4,7-8,14-17H2,1-2H3. The van der Waals surface area contributed by atoms with Crippen molar-refractivity contribution in [3.8, 4) is 11.4 Å². The van der Waals surface area contributed by atoms with Gasteiger partial charge in [0.05, 0.1) is 5.75 Å². The molecule has 0 aliphatic carbocycles. The van der Waals surface area contributed by atoms with Crippen molar-refractivity contribution in [3.05, 3.63) is 65.5 Å². The average Bonchev–Trinajstić information content (AvgIpc) is 3.21. The van der Waals surface area contributed by atoms with E-state index in [0.717, 1.165) is 48.5 Å². The first kappa shape index (κ1) is 21.4. The summed E-state index contributed by atoms with van der Waals surface area (Å²) in [5, 5.41) is 9.50. The van der Waals surface area contributed by atoms with E-state index in [1.165, 1.54) is 18.2 Å². The van der Waals surface area contributed by atoms with Crippen LogP contribution in [0.1, 0.15) is 36.2 Å². The second-order valence-electron chi connectivity index (χ2n) is 7.81. The van der Waals surface area contributed by atoms with Crippen LogP contribution in [0.5, 0.6) is 5.75 Å². The van der Waals surface area contributed by atoms with Crippen molar-refractivity contribution < 1.29 is 9.53 Å². The van der Waals surface area contributed by atoms with E-state index in [4.69, 9.17) is 4.74 Å². The van der Waals surface area contributed by atoms with Crippen molar-refractivity contribution in [1.29, 1.82) is 0 Å². The number of para-hydroxylation sites is 2. The third-order valence-corrected chi connectivity index (χ3v) is 6.42. The van der Waals surface area contributed by atoms with Gasteiger partial charge < -0.3 is 9.64 Å². The van der Waals surface area contributed by atoms with Gasteiger partial charge in [0.1, 0.15) is 12.4 Å². The van der Waals surface area contributed by atoms with Gasteiger partial charge in [0, 0.05) is 18.8 Å². The molecule has 0 N–H and O–H groups in total. The molecule has 2 aromatic carbocycles. The molecule has 7 heteroatoms. The number of likely N-dealkylation sites (tertiary alicyclic amines) is 1. The fraction of sp³-hybridized carbons (Fsp3) is 0.375. The van der Waals surface area contributed by atoms with Crippen molar-refractivity contribution in [2.45, 2.75) is 44.9 Å². The Kier molecular flexibility index (Phi) is 6.92. The minimum atomic E-state index is 0.167. The van der Waals surface area contributed by atoms with Crippen LogP contribution >= 0.6 is 11.8 Å². The number of ether oxygens (including phenoxy) is 1. The van der Waals surface area contributed by atoms with Gasteiger partial charge in [-0.2, -0.15) is 0 Å². The highest BCUT2D eigenvalue weighted by atomic mass is 32.2. The van der Waals surface area contributed by atoms with E-state index < -0.39 is 0 Å². The fourth-order valence-electron chi connectivity index (χ4n) is 3.85. The molecule has 0 spiro atoms. The third kappa shape index (κ3) is 5.10. The lowest BCUT2D eigenvalue weighted by Crippen LogP contribution is -2.36. The van der Waals surface area contributed by atoms with E-state index in [1.807, 2.05) is 71.8 Å². The van der Waals surface area contributed by atoms with E-state index in [2.05, 4.69) is 10.2 Å². The van der Waals surface area contributed by atoms with Crippen LogP contribution < -0.4 is 4.74 Å². The van der Waals surface area contributed by atoms with E-state index in [9.17, 15) is 4.79 Å². The number of benzene rings is 2. The molecule has 1 saturated heterocycles. The van der Waals surface area contributed by atoms with Crippen LogP contribution in [0.3, 0.4) is 0 Å². The van der Waals surface area contributed by atoms with Crippen LogP contribution in [0.2, 0.25) is 0 Å². The summed E-state index contributed by atoms with van der Waals surface area (Å²) < 4.78 is 8.13. The number of hydrogen-bond acceptors (Lipinski definition) is 5. The Hall–Kier alpha value is -2.80. The minimum absolute atomic E-state index is 0.167. The maximum atomic E-state index is 12.6. The summed E-state index contributed by atoms with van der Waals surface area (Å²) in [6.45, 7) is 6.10. The van der Waals surface area contributed by atoms with Crippen LogP contribution in [0.4, 0.5) is 0 Å². The first-order valence-corrected chi connectivity index (χ1v) is 11.7. The zero-order valence-electron chi connectivity index (χ0n) is 18.1. The highest BCUT2D eigenvalue weighted by molar-refractivity contribution is 7.99. The van der Waals surface area contributed by atoms with Crippen molar-refractivity contribution in [1.82, 2.24) is 19.7 Å². The number of amides is 1. The number of rotatable bonds is 7. The lowest BCUT2D eigenvalue weighted by Gasteiger charge is -2.26. The largest absolute Gasteiger partial charge is 0.485 e. The quantitative estimate of drug-likeness (QED) is 0.508. The van der Waals surface area contributed by atoms with Gasteiger partial charge in [0.15, 0.2) is 11.0 Å². The zero-order valence-corrected chi connectivity index (χ0v) is 18.9. The van der Waals surface area contributed by atoms with Crippen molar-refractivity contribution >= 4 is 17.7 Å². The number of piperidine rings is 1. The van der Waals surface area contributed by atoms with E-state index in [-0.39, 0.29) is 5.91 Å². The molecule has 0 bridgehead atoms. The lowest BCUT2D eigenvalue weighted by molar-refractivity contribution is -0.129. The lowest BCUT2D eigenvalue weighted by atomic mass is 10.1. The van der Waals surface area contributed by atoms with E-state index in [1.54, 1.807) is 0 Å². The van der Waals surface area contributed by atoms with Gasteiger partial charge in [-0.25, -0.2) is 0 Å². The van der Waals surface area contributed by atoms with Crippen LogP contribution in [-0.2, 0) is 11.4 Å². The minimum Gasteiger partial charge on any atom is -0.485 e. The average molecular weight is 437 g/mol. The van der Waals surface area contributed by atoms with Crippen LogP contribution in [-0.4, -0.2) is 44.4 Å². The van der Waals surface area contributed by atoms with Gasteiger partial charge in [-0.3, -0.25) is 9.36 Å². The Morgan fingerprint density at radius 1 is 0.968 bits per heavy atom. The Bertz CT molecular complexity index is 1010. The summed E-state index contributed by atoms with van der Waals surface area (Å²) in [5.74, 6) is 2.12. The smallest absolute Gasteiger partial charge is 0.233 e. The molecule has 6 nitrogen and oxygen atoms in total. The predicted octanol–water partition coefficient (Wildman–Crippen LogP) is 4.57. The van der Waals surface area contributed by atoms with Crippen LogP contribution in [0.25, 0.3) is 5.69 Å². The molecule has 0 unspecified atom stereocenters. The number of carbonyl (C=O) groups excluding carboxylic acids is 1. The normalized spacial score (nSPS) is 13.9. The maximum Gasteiger partial charge on any atom is 0.233 e. The number of hydrogen-bond donors (Lipinski definition) is 0. The molecule has 2 heterocycles. The summed E-state index contributed by atoms with van der Waals surface area (Å²) in [7, 11) is 0. The molecule has 3 aromatic rings. The molecule has 0 radical (unpaired) electrons. The van der Waals surface area contributed by atoms with Gasteiger partial charge in [-0.05, 0) is 56.4 Å². The number of aromatic nitrogens is 3. The molecule has 1 amide bonds. The molecule has 1 aliphatic heterocycles. The topological polar surface area (TPSA) is 60.3 Å². The molecular formula is C24H28N4O2S. The van der Waals surface area contributed by atoms with Crippen LogP contribution in [0.15, 0.2) is 53.7 Å². The summed E-state index contributed by atoms with van der Waals surface area (Å²) >= 11 is 1.44. The molecule has 1 aromatic heterocycles. The van der Waals surface area contributed by atoms with Gasteiger partial charge in [0.2, 0.25) is 5.91 Å². The molecule has 4 rings (SSSR count). The van der Waals surface area contributed by atoms with Gasteiger partial charge in [-0.15, -0.1) is 10.2 Å². The molecule has 0 atom stereocenters. The van der Waals surface area contributed by atoms with Crippen molar-refractivity contribution in [2.75, 3.05) is 18.8 Å². The molecule has 31 heavy (non-hydrogen) atoms. The maximum absolute atomic E-state index is 12.6. The Morgan fingerprint density at radius 3 is 2.39 bits per heavy atom. The Morgan fingerprint density at radius 2 is 1.68 bits per heavy atom. The second-order valence-corrected chi connectivity index (χ2v) is 8.75. The Labute approximate surface area is 187 Å². The molecule has 1 aliphatic rings. The summed E-state index contributed by atoms with van der Waals surface area (Å²) in [6, 6.07) is 16.1. The number of carbonyl (C=O) groups is 1. The highest BCUT2D eigenvalue weighted by Crippen LogP contribution is 2.26. The van der Waals surface area contributed by atoms with Crippen molar-refractivity contribution in [2.24, 2.45) is 0 Å². The monoisotopic (exact) mass is 436 g/mol. The summed E-state index contributed by atoms with van der Waals surface area (Å²) in [4.78, 5) is 14.6. The SMILES string of the molecule is Cc1cccc(C)c1OCc1nnc(SCC(=O)N2CCCCC2)n1-c1ccccc1. The van der Waals surface area contributed by atoms with Crippen LogP contribution in [0, 0.1) is 13.8 Å². The van der Waals surface area contributed by atoms with E-state index in [0.29, 0.717) is 23.3 Å². The Balaban J connectivity index is 1.53. The number of nitrogens with zero attached hydrogens (tertiary/aromatic N) is 4. The first-order chi connectivity index (χ1) is 15.1. The highest BCUT2D eigenvalue weighted by Gasteiger charge is 2.20. The third-order valence-electron chi connectivity index (χ3n) is 5.50. The van der Waals surface area contributed by atoms with Gasteiger partial charge in [-0.1, -0.05) is 48.2 Å². The second kappa shape index (κ2) is 10.0. The van der Waals surface area contributed by atoms with Crippen molar-refractivity contribution in [3.63, 3.8) is 0 Å². The molecule has 0 saturated carbocycles. The van der Waals surface area contributed by atoms with E-state index >= 15 is 0 Å². The van der Waals surface area contributed by atoms with Gasteiger partial charge in [0.25, 0.3) is 0 Å². The fourth-order valence-corrected chi connectivity index (χ4v) is 4.72.